The van der Waals surface area contributed by atoms with E-state index < -0.39 is 0 Å². The highest BCUT2D eigenvalue weighted by Crippen LogP contribution is 2.43. The highest BCUT2D eigenvalue weighted by molar-refractivity contribution is 5.34. The van der Waals surface area contributed by atoms with Gasteiger partial charge < -0.3 is 5.32 Å². The molecule has 0 bridgehead atoms. The molecule has 0 unspecified atom stereocenters. The highest BCUT2D eigenvalue weighted by atomic mass is 15.0. The van der Waals surface area contributed by atoms with Crippen molar-refractivity contribution < 1.29 is 0 Å². The molecule has 0 atom stereocenters. The smallest absolute Gasteiger partial charge is 0.132 e. The Kier molecular flexibility index (Phi) is 3.49. The van der Waals surface area contributed by atoms with Crippen LogP contribution in [0, 0.1) is 11.8 Å². The van der Waals surface area contributed by atoms with Gasteiger partial charge in [-0.15, -0.1) is 0 Å². The molecule has 2 saturated carbocycles. The van der Waals surface area contributed by atoms with Crippen LogP contribution >= 0.6 is 0 Å². The van der Waals surface area contributed by atoms with Crippen LogP contribution in [0.3, 0.4) is 0 Å². The molecule has 21 heavy (non-hydrogen) atoms. The maximum absolute atomic E-state index is 5.05. The molecule has 114 valence electrons. The van der Waals surface area contributed by atoms with E-state index in [2.05, 4.69) is 19.2 Å². The number of rotatable bonds is 3. The predicted molar refractivity (Wildman–Crippen MR) is 84.1 cm³/mol. The van der Waals surface area contributed by atoms with Crippen molar-refractivity contribution in [2.75, 3.05) is 0 Å². The zero-order valence-corrected chi connectivity index (χ0v) is 13.4. The van der Waals surface area contributed by atoms with E-state index in [0.29, 0.717) is 5.92 Å². The monoisotopic (exact) mass is 285 g/mol. The van der Waals surface area contributed by atoms with E-state index in [1.807, 2.05) is 0 Å². The fourth-order valence-corrected chi connectivity index (χ4v) is 4.14. The molecular formula is C18H27N3. The molecule has 1 aliphatic heterocycles. The number of fused-ring (bicyclic) bond motifs is 1. The first-order chi connectivity index (χ1) is 10.2. The van der Waals surface area contributed by atoms with Crippen molar-refractivity contribution in [2.45, 2.75) is 77.3 Å². The lowest BCUT2D eigenvalue weighted by molar-refractivity contribution is 0.254. The molecule has 0 amide bonds. The van der Waals surface area contributed by atoms with Crippen LogP contribution < -0.4 is 5.32 Å². The summed E-state index contributed by atoms with van der Waals surface area (Å²) in [5.74, 6) is 4.27. The largest absolute Gasteiger partial charge is 0.307 e. The molecule has 0 spiro atoms. The quantitative estimate of drug-likeness (QED) is 0.915. The fourth-order valence-electron chi connectivity index (χ4n) is 4.14. The lowest BCUT2D eigenvalue weighted by Gasteiger charge is -2.30. The van der Waals surface area contributed by atoms with Gasteiger partial charge in [0.25, 0.3) is 0 Å². The van der Waals surface area contributed by atoms with E-state index in [1.54, 1.807) is 0 Å². The summed E-state index contributed by atoms with van der Waals surface area (Å²) < 4.78 is 0. The first-order valence-electron chi connectivity index (χ1n) is 8.82. The molecular weight excluding hydrogens is 258 g/mol. The Hall–Kier alpha value is -0.960. The third-order valence-electron chi connectivity index (χ3n) is 5.78. The van der Waals surface area contributed by atoms with Crippen LogP contribution in [0.5, 0.6) is 0 Å². The first-order valence-corrected chi connectivity index (χ1v) is 8.82. The minimum atomic E-state index is 0.614. The second-order valence-electron chi connectivity index (χ2n) is 7.63. The van der Waals surface area contributed by atoms with Gasteiger partial charge in [-0.05, 0) is 50.4 Å². The number of hydrogen-bond acceptors (Lipinski definition) is 3. The second-order valence-corrected chi connectivity index (χ2v) is 7.63. The van der Waals surface area contributed by atoms with E-state index in [0.717, 1.165) is 30.8 Å². The van der Waals surface area contributed by atoms with Gasteiger partial charge in [0.1, 0.15) is 5.82 Å². The Morgan fingerprint density at radius 2 is 1.62 bits per heavy atom. The molecule has 2 heterocycles. The van der Waals surface area contributed by atoms with Crippen molar-refractivity contribution >= 4 is 0 Å². The van der Waals surface area contributed by atoms with Crippen LogP contribution in [0.15, 0.2) is 0 Å². The van der Waals surface area contributed by atoms with Gasteiger partial charge in [-0.1, -0.05) is 13.8 Å². The van der Waals surface area contributed by atoms with E-state index in [1.165, 1.54) is 61.3 Å². The normalized spacial score (nSPS) is 28.9. The minimum Gasteiger partial charge on any atom is -0.307 e. The van der Waals surface area contributed by atoms with Crippen LogP contribution in [0.25, 0.3) is 0 Å². The summed E-state index contributed by atoms with van der Waals surface area (Å²) in [5.41, 5.74) is 4.12. The van der Waals surface area contributed by atoms with Crippen LogP contribution in [-0.2, 0) is 13.1 Å². The van der Waals surface area contributed by atoms with Gasteiger partial charge in [0.05, 0.1) is 11.4 Å². The van der Waals surface area contributed by atoms with E-state index in [9.17, 15) is 0 Å². The third kappa shape index (κ3) is 2.61. The van der Waals surface area contributed by atoms with Crippen molar-refractivity contribution in [3.63, 3.8) is 0 Å². The SMILES string of the molecule is CC(C)C1CCC(c2nc3c(c(C4CC4)n2)CNC3)CC1. The van der Waals surface area contributed by atoms with Gasteiger partial charge in [0, 0.05) is 30.5 Å². The van der Waals surface area contributed by atoms with Crippen molar-refractivity contribution in [1.29, 1.82) is 0 Å². The summed E-state index contributed by atoms with van der Waals surface area (Å²) in [6.45, 7) is 6.68. The maximum Gasteiger partial charge on any atom is 0.132 e. The van der Waals surface area contributed by atoms with Gasteiger partial charge in [-0.2, -0.15) is 0 Å². The molecule has 4 rings (SSSR count). The summed E-state index contributed by atoms with van der Waals surface area (Å²) in [4.78, 5) is 9.99. The van der Waals surface area contributed by atoms with E-state index in [4.69, 9.17) is 9.97 Å². The van der Waals surface area contributed by atoms with E-state index in [-0.39, 0.29) is 0 Å². The second kappa shape index (κ2) is 5.35. The van der Waals surface area contributed by atoms with Crippen LogP contribution in [0.1, 0.15) is 87.0 Å². The molecule has 2 fully saturated rings. The summed E-state index contributed by atoms with van der Waals surface area (Å²) in [7, 11) is 0. The zero-order chi connectivity index (χ0) is 14.4. The van der Waals surface area contributed by atoms with Gasteiger partial charge in [0.15, 0.2) is 0 Å². The average Bonchev–Trinajstić information content (AvgIpc) is 3.23. The summed E-state index contributed by atoms with van der Waals surface area (Å²) in [5, 5.41) is 3.46. The Balaban J connectivity index is 1.57. The van der Waals surface area contributed by atoms with E-state index >= 15 is 0 Å². The Labute approximate surface area is 128 Å². The first kappa shape index (κ1) is 13.7. The molecule has 2 aliphatic carbocycles. The lowest BCUT2D eigenvalue weighted by Crippen LogP contribution is -2.20. The molecule has 1 N–H and O–H groups in total. The predicted octanol–water partition coefficient (Wildman–Crippen LogP) is 3.89. The Morgan fingerprint density at radius 1 is 0.905 bits per heavy atom. The Bertz CT molecular complexity index is 526. The third-order valence-corrected chi connectivity index (χ3v) is 5.78. The standard InChI is InChI=1S/C18H27N3/c1-11(2)12-3-7-14(8-4-12)18-20-16-10-19-9-15(16)17(21-18)13-5-6-13/h11-14,19H,3-10H2,1-2H3. The maximum atomic E-state index is 5.05. The van der Waals surface area contributed by atoms with Crippen molar-refractivity contribution in [3.05, 3.63) is 22.8 Å². The van der Waals surface area contributed by atoms with Gasteiger partial charge in [-0.3, -0.25) is 0 Å². The highest BCUT2D eigenvalue weighted by Gasteiger charge is 2.33. The molecule has 0 radical (unpaired) electrons. The summed E-state index contributed by atoms with van der Waals surface area (Å²) >= 11 is 0. The lowest BCUT2D eigenvalue weighted by atomic mass is 9.76. The number of nitrogens with zero attached hydrogens (tertiary/aromatic N) is 2. The fraction of sp³-hybridized carbons (Fsp3) is 0.778. The molecule has 0 aromatic carbocycles. The van der Waals surface area contributed by atoms with Crippen LogP contribution in [0.2, 0.25) is 0 Å². The zero-order valence-electron chi connectivity index (χ0n) is 13.4. The average molecular weight is 285 g/mol. The van der Waals surface area contributed by atoms with Crippen molar-refractivity contribution in [3.8, 4) is 0 Å². The number of hydrogen-bond donors (Lipinski definition) is 1. The minimum absolute atomic E-state index is 0.614. The van der Waals surface area contributed by atoms with Crippen molar-refractivity contribution in [2.24, 2.45) is 11.8 Å². The van der Waals surface area contributed by atoms with Gasteiger partial charge in [0.2, 0.25) is 0 Å². The summed E-state index contributed by atoms with van der Waals surface area (Å²) in [6.07, 6.45) is 7.98. The molecule has 3 aliphatic rings. The Morgan fingerprint density at radius 3 is 2.29 bits per heavy atom. The molecule has 3 heteroatoms. The molecule has 0 saturated heterocycles. The van der Waals surface area contributed by atoms with Crippen molar-refractivity contribution in [1.82, 2.24) is 15.3 Å². The molecule has 1 aromatic rings. The summed E-state index contributed by atoms with van der Waals surface area (Å²) in [6, 6.07) is 0. The molecule has 1 aromatic heterocycles. The molecule has 3 nitrogen and oxygen atoms in total. The number of nitrogens with one attached hydrogen (secondary N) is 1. The van der Waals surface area contributed by atoms with Crippen LogP contribution in [0.4, 0.5) is 0 Å². The topological polar surface area (TPSA) is 37.8 Å². The number of aromatic nitrogens is 2. The van der Waals surface area contributed by atoms with Crippen LogP contribution in [-0.4, -0.2) is 9.97 Å². The van der Waals surface area contributed by atoms with Gasteiger partial charge in [-0.25, -0.2) is 9.97 Å². The van der Waals surface area contributed by atoms with Gasteiger partial charge >= 0.3 is 0 Å².